The molecule has 13 nitrogen and oxygen atoms in total. The van der Waals surface area contributed by atoms with Crippen molar-refractivity contribution >= 4 is 23.8 Å². The maximum absolute atomic E-state index is 13.9. The maximum Gasteiger partial charge on any atom is 0.336 e. The fraction of sp³-hybridized carbons (Fsp3) is 0.515. The van der Waals surface area contributed by atoms with Crippen molar-refractivity contribution in [1.29, 1.82) is 0 Å². The molecule has 2 fully saturated rings. The Labute approximate surface area is 270 Å². The molecule has 14 heteroatoms. The SMILES string of the molecule is O=C(C(Cc1cccc(CO)c1)CN1CCC2(CC1)OCc1ccc(F)cc12)N1CC[C@@H](O)C1.O=C(O)CC(O)(CC(=O)O)C(=O)O. The molecule has 1 unspecified atom stereocenters. The first kappa shape index (κ1) is 35.9. The number of hydrogen-bond donors (Lipinski definition) is 6. The molecule has 2 atom stereocenters. The average Bonchev–Trinajstić information content (AvgIpc) is 3.60. The fourth-order valence-corrected chi connectivity index (χ4v) is 6.50. The van der Waals surface area contributed by atoms with Crippen LogP contribution in [0.15, 0.2) is 42.5 Å². The molecule has 0 bridgehead atoms. The Hall–Kier alpha value is -3.95. The van der Waals surface area contributed by atoms with Crippen molar-refractivity contribution in [2.75, 3.05) is 32.7 Å². The monoisotopic (exact) mass is 660 g/mol. The van der Waals surface area contributed by atoms with E-state index >= 15 is 0 Å². The number of aliphatic carboxylic acids is 3. The average molecular weight is 661 g/mol. The van der Waals surface area contributed by atoms with E-state index in [0.717, 1.165) is 48.2 Å². The Morgan fingerprint density at radius 1 is 0.979 bits per heavy atom. The van der Waals surface area contributed by atoms with Crippen LogP contribution in [0, 0.1) is 11.7 Å². The van der Waals surface area contributed by atoms with Crippen LogP contribution in [-0.4, -0.2) is 109 Å². The Kier molecular flexibility index (Phi) is 11.7. The number of amides is 1. The first-order chi connectivity index (χ1) is 22.2. The molecule has 2 saturated heterocycles. The van der Waals surface area contributed by atoms with Crippen molar-refractivity contribution in [2.24, 2.45) is 5.92 Å². The zero-order valence-electron chi connectivity index (χ0n) is 25.9. The van der Waals surface area contributed by atoms with E-state index < -0.39 is 48.1 Å². The van der Waals surface area contributed by atoms with Gasteiger partial charge >= 0.3 is 17.9 Å². The fourth-order valence-electron chi connectivity index (χ4n) is 6.50. The molecule has 0 radical (unpaired) electrons. The summed E-state index contributed by atoms with van der Waals surface area (Å²) in [6.45, 7) is 3.66. The molecule has 0 aliphatic carbocycles. The van der Waals surface area contributed by atoms with Gasteiger partial charge in [0.2, 0.25) is 5.91 Å². The molecule has 0 aromatic heterocycles. The van der Waals surface area contributed by atoms with Crippen LogP contribution < -0.4 is 0 Å². The summed E-state index contributed by atoms with van der Waals surface area (Å²) in [7, 11) is 0. The molecule has 1 amide bonds. The minimum Gasteiger partial charge on any atom is -0.481 e. The van der Waals surface area contributed by atoms with E-state index in [4.69, 9.17) is 25.2 Å². The van der Waals surface area contributed by atoms with Gasteiger partial charge in [-0.15, -0.1) is 0 Å². The van der Waals surface area contributed by atoms with Crippen LogP contribution in [0.3, 0.4) is 0 Å². The molecule has 0 saturated carbocycles. The first-order valence-electron chi connectivity index (χ1n) is 15.4. The van der Waals surface area contributed by atoms with Crippen molar-refractivity contribution in [1.82, 2.24) is 9.80 Å². The van der Waals surface area contributed by atoms with Crippen LogP contribution in [0.4, 0.5) is 4.39 Å². The van der Waals surface area contributed by atoms with Crippen LogP contribution in [-0.2, 0) is 49.2 Å². The van der Waals surface area contributed by atoms with Gasteiger partial charge in [0, 0.05) is 32.7 Å². The number of benzene rings is 2. The second-order valence-electron chi connectivity index (χ2n) is 12.5. The number of carboxylic acid groups (broad SMARTS) is 3. The molecule has 6 N–H and O–H groups in total. The molecular weight excluding hydrogens is 619 g/mol. The summed E-state index contributed by atoms with van der Waals surface area (Å²) in [5.74, 6) is -5.40. The zero-order valence-corrected chi connectivity index (χ0v) is 25.9. The van der Waals surface area contributed by atoms with Crippen LogP contribution in [0.2, 0.25) is 0 Å². The third-order valence-corrected chi connectivity index (χ3v) is 8.97. The Bertz CT molecular complexity index is 1440. The molecule has 2 aromatic carbocycles. The number of rotatable bonds is 11. The first-order valence-corrected chi connectivity index (χ1v) is 15.4. The van der Waals surface area contributed by atoms with E-state index in [9.17, 15) is 33.8 Å². The quantitative estimate of drug-likeness (QED) is 0.202. The number of piperidine rings is 1. The number of β-amino-alcohol motifs (C(OH)–C–C–N with tert-alkyl or cyclic N) is 1. The number of fused-ring (bicyclic) bond motifs is 2. The number of halogens is 1. The highest BCUT2D eigenvalue weighted by molar-refractivity contribution is 5.88. The van der Waals surface area contributed by atoms with Crippen molar-refractivity contribution in [3.05, 3.63) is 70.5 Å². The molecule has 1 spiro atoms. The molecule has 2 aromatic rings. The second kappa shape index (κ2) is 15.3. The van der Waals surface area contributed by atoms with Crippen molar-refractivity contribution in [3.8, 4) is 0 Å². The number of aliphatic hydroxyl groups is 3. The predicted octanol–water partition coefficient (Wildman–Crippen LogP) is 1.34. The van der Waals surface area contributed by atoms with Gasteiger partial charge in [0.15, 0.2) is 5.60 Å². The lowest BCUT2D eigenvalue weighted by Crippen LogP contribution is -2.47. The number of carbonyl (C=O) groups is 4. The topological polar surface area (TPSA) is 205 Å². The second-order valence-corrected chi connectivity index (χ2v) is 12.5. The highest BCUT2D eigenvalue weighted by Gasteiger charge is 2.44. The number of ether oxygens (including phenoxy) is 1. The summed E-state index contributed by atoms with van der Waals surface area (Å²) < 4.78 is 20.1. The van der Waals surface area contributed by atoms with Crippen molar-refractivity contribution < 1.29 is 58.9 Å². The molecule has 47 heavy (non-hydrogen) atoms. The standard InChI is InChI=1S/C27H33FN2O4.C6H8O7/c28-23-5-4-21-18-34-27(25(21)14-23)7-10-29(11-8-27)15-22(26(33)30-9-6-24(32)16-30)13-19-2-1-3-20(12-19)17-31;7-3(8)1-6(13,5(11)12)2-4(9)10/h1-5,12,14,22,24,31-32H,6-11,13,15-18H2;13H,1-2H2,(H,7,8)(H,9,10)(H,11,12)/t22?,24-;/m1./s1. The van der Waals surface area contributed by atoms with Crippen LogP contribution in [0.5, 0.6) is 0 Å². The Morgan fingerprint density at radius 2 is 1.64 bits per heavy atom. The largest absolute Gasteiger partial charge is 0.481 e. The van der Waals surface area contributed by atoms with Gasteiger partial charge in [0.25, 0.3) is 0 Å². The normalized spacial score (nSPS) is 19.5. The third kappa shape index (κ3) is 9.11. The van der Waals surface area contributed by atoms with Gasteiger partial charge in [-0.25, -0.2) is 9.18 Å². The smallest absolute Gasteiger partial charge is 0.336 e. The lowest BCUT2D eigenvalue weighted by molar-refractivity contribution is -0.170. The van der Waals surface area contributed by atoms with Crippen LogP contribution >= 0.6 is 0 Å². The summed E-state index contributed by atoms with van der Waals surface area (Å²) in [6, 6.07) is 12.7. The summed E-state index contributed by atoms with van der Waals surface area (Å²) in [5.41, 5.74) is 0.747. The molecular formula is C33H41FN2O11. The number of likely N-dealkylation sites (tertiary alicyclic amines) is 2. The van der Waals surface area contributed by atoms with E-state index in [1.165, 1.54) is 6.07 Å². The lowest BCUT2D eigenvalue weighted by atomic mass is 9.83. The number of nitrogens with zero attached hydrogens (tertiary/aromatic N) is 2. The van der Waals surface area contributed by atoms with E-state index in [2.05, 4.69) is 4.90 Å². The minimum atomic E-state index is -2.74. The number of hydrogen-bond acceptors (Lipinski definition) is 9. The summed E-state index contributed by atoms with van der Waals surface area (Å²) in [5, 5.41) is 53.3. The lowest BCUT2D eigenvalue weighted by Gasteiger charge is -2.40. The van der Waals surface area contributed by atoms with Gasteiger partial charge in [0.05, 0.1) is 43.7 Å². The van der Waals surface area contributed by atoms with E-state index in [-0.39, 0.29) is 24.2 Å². The van der Waals surface area contributed by atoms with E-state index in [1.54, 1.807) is 11.0 Å². The molecule has 3 aliphatic rings. The van der Waals surface area contributed by atoms with Crippen molar-refractivity contribution in [3.63, 3.8) is 0 Å². The summed E-state index contributed by atoms with van der Waals surface area (Å²) >= 11 is 0. The number of carboxylic acids is 3. The predicted molar refractivity (Wildman–Crippen MR) is 162 cm³/mol. The Balaban J connectivity index is 0.000000328. The highest BCUT2D eigenvalue weighted by Crippen LogP contribution is 2.44. The Morgan fingerprint density at radius 3 is 2.21 bits per heavy atom. The van der Waals surface area contributed by atoms with Gasteiger partial charge in [-0.2, -0.15) is 0 Å². The van der Waals surface area contributed by atoms with Crippen LogP contribution in [0.25, 0.3) is 0 Å². The molecule has 5 rings (SSSR count). The number of carbonyl (C=O) groups excluding carboxylic acids is 1. The van der Waals surface area contributed by atoms with E-state index in [1.807, 2.05) is 30.3 Å². The summed E-state index contributed by atoms with van der Waals surface area (Å²) in [4.78, 5) is 48.0. The minimum absolute atomic E-state index is 0.0267. The van der Waals surface area contributed by atoms with Gasteiger partial charge in [0.1, 0.15) is 5.82 Å². The highest BCUT2D eigenvalue weighted by atomic mass is 19.1. The number of aliphatic hydroxyl groups excluding tert-OH is 2. The van der Waals surface area contributed by atoms with Crippen molar-refractivity contribution in [2.45, 2.75) is 69.0 Å². The maximum atomic E-state index is 13.9. The summed E-state index contributed by atoms with van der Waals surface area (Å²) in [6.07, 6.45) is 0.0175. The third-order valence-electron chi connectivity index (χ3n) is 8.97. The van der Waals surface area contributed by atoms with Gasteiger partial charge in [-0.05, 0) is 60.1 Å². The molecule has 256 valence electrons. The molecule has 3 heterocycles. The van der Waals surface area contributed by atoms with Gasteiger partial charge < -0.3 is 45.2 Å². The van der Waals surface area contributed by atoms with Gasteiger partial charge in [-0.3, -0.25) is 14.4 Å². The zero-order chi connectivity index (χ0) is 34.4. The van der Waals surface area contributed by atoms with Crippen LogP contribution in [0.1, 0.15) is 54.4 Å². The molecule has 3 aliphatic heterocycles. The van der Waals surface area contributed by atoms with E-state index in [0.29, 0.717) is 39.1 Å². The van der Waals surface area contributed by atoms with Gasteiger partial charge in [-0.1, -0.05) is 30.3 Å².